The third-order valence-corrected chi connectivity index (χ3v) is 3.11. The lowest BCUT2D eigenvalue weighted by atomic mass is 10.3. The quantitative estimate of drug-likeness (QED) is 0.655. The second kappa shape index (κ2) is 4.37. The lowest BCUT2D eigenvalue weighted by molar-refractivity contribution is 0.143. The Kier molecular flexibility index (Phi) is 2.67. The van der Waals surface area contributed by atoms with Gasteiger partial charge in [-0.1, -0.05) is 22.9 Å². The van der Waals surface area contributed by atoms with E-state index in [1.165, 1.54) is 11.7 Å². The van der Waals surface area contributed by atoms with Crippen molar-refractivity contribution < 1.29 is 4.84 Å². The highest BCUT2D eigenvalue weighted by molar-refractivity contribution is 5.73. The van der Waals surface area contributed by atoms with E-state index in [-0.39, 0.29) is 5.52 Å². The lowest BCUT2D eigenvalue weighted by Gasteiger charge is -2.04. The van der Waals surface area contributed by atoms with E-state index in [0.717, 1.165) is 5.69 Å². The van der Waals surface area contributed by atoms with E-state index in [2.05, 4.69) is 5.10 Å². The molecule has 0 saturated heterocycles. The molecule has 0 amide bonds. The highest BCUT2D eigenvalue weighted by Crippen LogP contribution is 2.10. The number of fused-ring (bicyclic) bond motifs is 1. The Balaban J connectivity index is 2.38. The topological polar surface area (TPSA) is 71.1 Å². The Hall–Kier alpha value is -2.83. The SMILES string of the molecule is COn1c(=O)c2nn(-c3ccccc3)cc2n(C)c1=O. The van der Waals surface area contributed by atoms with E-state index in [1.54, 1.807) is 17.9 Å². The number of hydrogen-bond acceptors (Lipinski definition) is 4. The number of hydrogen-bond donors (Lipinski definition) is 0. The van der Waals surface area contributed by atoms with Gasteiger partial charge in [0.15, 0.2) is 5.52 Å². The average Bonchev–Trinajstić information content (AvgIpc) is 2.92. The van der Waals surface area contributed by atoms with Crippen LogP contribution in [0.2, 0.25) is 0 Å². The summed E-state index contributed by atoms with van der Waals surface area (Å²) in [7, 11) is 2.83. The van der Waals surface area contributed by atoms with Crippen molar-refractivity contribution in [1.82, 2.24) is 19.1 Å². The fourth-order valence-electron chi connectivity index (χ4n) is 2.06. The summed E-state index contributed by atoms with van der Waals surface area (Å²) in [4.78, 5) is 28.9. The molecule has 0 aliphatic rings. The zero-order chi connectivity index (χ0) is 14.3. The van der Waals surface area contributed by atoms with E-state index in [1.807, 2.05) is 30.3 Å². The molecule has 2 aromatic heterocycles. The summed E-state index contributed by atoms with van der Waals surface area (Å²) >= 11 is 0. The summed E-state index contributed by atoms with van der Waals surface area (Å²) in [6.07, 6.45) is 1.65. The van der Waals surface area contributed by atoms with Crippen LogP contribution in [-0.4, -0.2) is 26.2 Å². The monoisotopic (exact) mass is 272 g/mol. The number of para-hydroxylation sites is 1. The molecule has 0 spiro atoms. The molecule has 0 radical (unpaired) electrons. The van der Waals surface area contributed by atoms with Crippen LogP contribution in [0.4, 0.5) is 0 Å². The minimum absolute atomic E-state index is 0.179. The van der Waals surface area contributed by atoms with Crippen LogP contribution < -0.4 is 16.1 Å². The van der Waals surface area contributed by atoms with Crippen molar-refractivity contribution in [3.8, 4) is 5.69 Å². The highest BCUT2D eigenvalue weighted by Gasteiger charge is 2.15. The predicted octanol–water partition coefficient (Wildman–Crippen LogP) is -0.0557. The first-order valence-electron chi connectivity index (χ1n) is 5.95. The van der Waals surface area contributed by atoms with Crippen LogP contribution in [0.5, 0.6) is 0 Å². The molecule has 7 heteroatoms. The number of aromatic nitrogens is 4. The molecule has 0 aliphatic carbocycles. The van der Waals surface area contributed by atoms with Crippen molar-refractivity contribution in [3.63, 3.8) is 0 Å². The molecule has 0 aliphatic heterocycles. The van der Waals surface area contributed by atoms with Gasteiger partial charge in [-0.25, -0.2) is 9.48 Å². The minimum atomic E-state index is -0.569. The van der Waals surface area contributed by atoms with Crippen LogP contribution in [0.25, 0.3) is 16.7 Å². The van der Waals surface area contributed by atoms with Crippen molar-refractivity contribution in [1.29, 1.82) is 0 Å². The van der Waals surface area contributed by atoms with E-state index >= 15 is 0 Å². The van der Waals surface area contributed by atoms with Crippen molar-refractivity contribution in [2.24, 2.45) is 7.05 Å². The average molecular weight is 272 g/mol. The van der Waals surface area contributed by atoms with Crippen LogP contribution in [0.1, 0.15) is 0 Å². The van der Waals surface area contributed by atoms with Crippen LogP contribution >= 0.6 is 0 Å². The second-order valence-corrected chi connectivity index (χ2v) is 4.27. The molecule has 0 unspecified atom stereocenters. The van der Waals surface area contributed by atoms with Gasteiger partial charge in [0.25, 0.3) is 0 Å². The largest absolute Gasteiger partial charge is 0.409 e. The first-order valence-corrected chi connectivity index (χ1v) is 5.95. The molecule has 3 rings (SSSR count). The van der Waals surface area contributed by atoms with Gasteiger partial charge in [0.1, 0.15) is 7.11 Å². The molecule has 0 bridgehead atoms. The molecule has 2 heterocycles. The molecule has 0 saturated carbocycles. The third kappa shape index (κ3) is 1.63. The third-order valence-electron chi connectivity index (χ3n) is 3.11. The van der Waals surface area contributed by atoms with Gasteiger partial charge in [-0.15, -0.1) is 0 Å². The van der Waals surface area contributed by atoms with Gasteiger partial charge in [-0.05, 0) is 12.1 Å². The van der Waals surface area contributed by atoms with Crippen molar-refractivity contribution >= 4 is 11.0 Å². The van der Waals surface area contributed by atoms with E-state index in [0.29, 0.717) is 10.2 Å². The summed E-state index contributed by atoms with van der Waals surface area (Å²) in [5, 5.41) is 4.24. The molecular weight excluding hydrogens is 260 g/mol. The van der Waals surface area contributed by atoms with Gasteiger partial charge in [0, 0.05) is 7.05 Å². The summed E-state index contributed by atoms with van der Waals surface area (Å²) in [6.45, 7) is 0. The summed E-state index contributed by atoms with van der Waals surface area (Å²) < 4.78 is 3.57. The van der Waals surface area contributed by atoms with Gasteiger partial charge < -0.3 is 4.84 Å². The van der Waals surface area contributed by atoms with Gasteiger partial charge in [0.05, 0.1) is 17.4 Å². The fourth-order valence-corrected chi connectivity index (χ4v) is 2.06. The zero-order valence-electron chi connectivity index (χ0n) is 11.0. The van der Waals surface area contributed by atoms with Crippen molar-refractivity contribution in [3.05, 3.63) is 57.4 Å². The number of rotatable bonds is 2. The van der Waals surface area contributed by atoms with Crippen LogP contribution in [0.3, 0.4) is 0 Å². The fraction of sp³-hybridized carbons (Fsp3) is 0.154. The lowest BCUT2D eigenvalue weighted by Crippen LogP contribution is -2.41. The maximum atomic E-state index is 12.1. The highest BCUT2D eigenvalue weighted by atomic mass is 16.7. The maximum absolute atomic E-state index is 12.1. The Morgan fingerprint density at radius 1 is 1.15 bits per heavy atom. The second-order valence-electron chi connectivity index (χ2n) is 4.27. The number of benzene rings is 1. The van der Waals surface area contributed by atoms with E-state index < -0.39 is 11.2 Å². The van der Waals surface area contributed by atoms with E-state index in [9.17, 15) is 9.59 Å². The van der Waals surface area contributed by atoms with Gasteiger partial charge in [-0.3, -0.25) is 9.36 Å². The Labute approximate surface area is 113 Å². The standard InChI is InChI=1S/C13H12N4O3/c1-15-10-8-16(9-6-4-3-5-7-9)14-11(10)12(18)17(20-2)13(15)19/h3-8H,1-2H3. The van der Waals surface area contributed by atoms with Crippen molar-refractivity contribution in [2.75, 3.05) is 7.11 Å². The smallest absolute Gasteiger partial charge is 0.365 e. The predicted molar refractivity (Wildman–Crippen MR) is 73.1 cm³/mol. The Morgan fingerprint density at radius 2 is 1.85 bits per heavy atom. The number of aryl methyl sites for hydroxylation is 1. The molecule has 3 aromatic rings. The molecule has 0 atom stereocenters. The normalized spacial score (nSPS) is 10.9. The summed E-state index contributed by atoms with van der Waals surface area (Å²) in [6, 6.07) is 9.35. The van der Waals surface area contributed by atoms with Gasteiger partial charge in [0.2, 0.25) is 0 Å². The van der Waals surface area contributed by atoms with Crippen LogP contribution in [0.15, 0.2) is 46.1 Å². The van der Waals surface area contributed by atoms with Crippen molar-refractivity contribution in [2.45, 2.75) is 0 Å². The molecule has 1 aromatic carbocycles. The first-order chi connectivity index (χ1) is 9.63. The minimum Gasteiger partial charge on any atom is -0.409 e. The van der Waals surface area contributed by atoms with Gasteiger partial charge in [-0.2, -0.15) is 5.10 Å². The Morgan fingerprint density at radius 3 is 2.50 bits per heavy atom. The van der Waals surface area contributed by atoms with Crippen LogP contribution in [0, 0.1) is 0 Å². The van der Waals surface area contributed by atoms with Gasteiger partial charge >= 0.3 is 11.2 Å². The van der Waals surface area contributed by atoms with Crippen LogP contribution in [-0.2, 0) is 7.05 Å². The molecule has 102 valence electrons. The molecular formula is C13H12N4O3. The first kappa shape index (κ1) is 12.2. The molecule has 7 nitrogen and oxygen atoms in total. The zero-order valence-corrected chi connectivity index (χ0v) is 11.0. The molecule has 20 heavy (non-hydrogen) atoms. The summed E-state index contributed by atoms with van der Waals surface area (Å²) in [5.41, 5.74) is 0.326. The maximum Gasteiger partial charge on any atom is 0.365 e. The molecule has 0 N–H and O–H groups in total. The molecule has 0 fully saturated rings. The summed E-state index contributed by atoms with van der Waals surface area (Å²) in [5.74, 6) is 0. The van der Waals surface area contributed by atoms with E-state index in [4.69, 9.17) is 4.84 Å². The Bertz CT molecular complexity index is 890. The number of nitrogens with zero attached hydrogens (tertiary/aromatic N) is 4.